The van der Waals surface area contributed by atoms with Crippen LogP contribution in [0.25, 0.3) is 0 Å². The maximum atomic E-state index is 12.1. The second-order valence-corrected chi connectivity index (χ2v) is 11.3. The molecule has 0 spiro atoms. The molecule has 1 aliphatic rings. The molecular weight excluding hydrogens is 402 g/mol. The van der Waals surface area contributed by atoms with E-state index in [4.69, 9.17) is 4.74 Å². The topological polar surface area (TPSA) is 39.2 Å². The molecule has 0 fully saturated rings. The lowest BCUT2D eigenvalue weighted by Crippen LogP contribution is -2.33. The van der Waals surface area contributed by atoms with Crippen LogP contribution in [0, 0.1) is 11.8 Å². The zero-order chi connectivity index (χ0) is 22.8. The maximum Gasteiger partial charge on any atom is 0.313 e. The van der Waals surface area contributed by atoms with Crippen LogP contribution in [0.3, 0.4) is 0 Å². The van der Waals surface area contributed by atoms with Gasteiger partial charge >= 0.3 is 5.97 Å². The Morgan fingerprint density at radius 3 is 2.58 bits per heavy atom. The van der Waals surface area contributed by atoms with Crippen molar-refractivity contribution < 1.29 is 9.53 Å². The van der Waals surface area contributed by atoms with Gasteiger partial charge in [-0.1, -0.05) is 46.5 Å². The molecule has 164 valence electrons. The summed E-state index contributed by atoms with van der Waals surface area (Å²) in [5.74, 6) is 6.08. The monoisotopic (exact) mass is 435 g/mol. The van der Waals surface area contributed by atoms with E-state index in [0.29, 0.717) is 6.61 Å². The minimum absolute atomic E-state index is 0.114. The Bertz CT molecular complexity index is 1040. The SMILES string of the molecule is CCOC(=O)C(C)c1cncc(C#Cc2cc3c(cc2CC)SC(C)(C)CC3(C)C)c1. The van der Waals surface area contributed by atoms with E-state index in [2.05, 4.69) is 63.6 Å². The molecule has 0 amide bonds. The van der Waals surface area contributed by atoms with Crippen molar-refractivity contribution in [3.8, 4) is 11.8 Å². The number of aryl methyl sites for hydroxylation is 1. The second-order valence-electron chi connectivity index (χ2n) is 9.51. The summed E-state index contributed by atoms with van der Waals surface area (Å²) in [5.41, 5.74) is 5.49. The number of hydrogen-bond donors (Lipinski definition) is 0. The third-order valence-corrected chi connectivity index (χ3v) is 7.07. The summed E-state index contributed by atoms with van der Waals surface area (Å²) in [6.07, 6.45) is 5.54. The first-order valence-corrected chi connectivity index (χ1v) is 11.9. The third-order valence-electron chi connectivity index (χ3n) is 5.81. The predicted octanol–water partition coefficient (Wildman–Crippen LogP) is 6.26. The molecule has 2 heterocycles. The molecule has 0 saturated heterocycles. The molecule has 0 bridgehead atoms. The zero-order valence-electron chi connectivity index (χ0n) is 19.8. The Balaban J connectivity index is 1.97. The molecule has 4 heteroatoms. The van der Waals surface area contributed by atoms with Gasteiger partial charge in [0.05, 0.1) is 12.5 Å². The predicted molar refractivity (Wildman–Crippen MR) is 129 cm³/mol. The average Bonchev–Trinajstić information content (AvgIpc) is 2.70. The van der Waals surface area contributed by atoms with Crippen molar-refractivity contribution in [1.82, 2.24) is 4.98 Å². The van der Waals surface area contributed by atoms with E-state index < -0.39 is 0 Å². The highest BCUT2D eigenvalue weighted by Crippen LogP contribution is 2.51. The lowest BCUT2D eigenvalue weighted by atomic mass is 9.76. The number of esters is 1. The van der Waals surface area contributed by atoms with E-state index in [1.54, 1.807) is 12.4 Å². The van der Waals surface area contributed by atoms with Crippen LogP contribution in [0.5, 0.6) is 0 Å². The summed E-state index contributed by atoms with van der Waals surface area (Å²) >= 11 is 1.98. The number of pyridine rings is 1. The highest BCUT2D eigenvalue weighted by atomic mass is 32.2. The van der Waals surface area contributed by atoms with Crippen LogP contribution < -0.4 is 0 Å². The first-order valence-electron chi connectivity index (χ1n) is 11.1. The van der Waals surface area contributed by atoms with Gasteiger partial charge in [-0.25, -0.2) is 0 Å². The Morgan fingerprint density at radius 2 is 1.90 bits per heavy atom. The van der Waals surface area contributed by atoms with Crippen molar-refractivity contribution >= 4 is 17.7 Å². The molecule has 31 heavy (non-hydrogen) atoms. The summed E-state index contributed by atoms with van der Waals surface area (Å²) in [4.78, 5) is 17.8. The zero-order valence-corrected chi connectivity index (χ0v) is 20.6. The van der Waals surface area contributed by atoms with E-state index in [9.17, 15) is 4.79 Å². The number of ether oxygens (including phenoxy) is 1. The molecule has 3 rings (SSSR count). The van der Waals surface area contributed by atoms with E-state index >= 15 is 0 Å². The minimum Gasteiger partial charge on any atom is -0.466 e. The quantitative estimate of drug-likeness (QED) is 0.419. The Labute approximate surface area is 191 Å². The Morgan fingerprint density at radius 1 is 1.16 bits per heavy atom. The van der Waals surface area contributed by atoms with Gasteiger partial charge in [0.15, 0.2) is 0 Å². The van der Waals surface area contributed by atoms with Gasteiger partial charge in [-0.3, -0.25) is 9.78 Å². The molecule has 0 saturated carbocycles. The second kappa shape index (κ2) is 9.09. The lowest BCUT2D eigenvalue weighted by molar-refractivity contribution is -0.144. The minimum atomic E-state index is -0.356. The van der Waals surface area contributed by atoms with Gasteiger partial charge < -0.3 is 4.74 Å². The van der Waals surface area contributed by atoms with Crippen molar-refractivity contribution in [3.63, 3.8) is 0 Å². The van der Waals surface area contributed by atoms with Gasteiger partial charge in [0.2, 0.25) is 0 Å². The van der Waals surface area contributed by atoms with Gasteiger partial charge in [-0.05, 0) is 67.0 Å². The summed E-state index contributed by atoms with van der Waals surface area (Å²) in [5, 5.41) is 0. The molecule has 1 aromatic heterocycles. The Kier molecular flexibility index (Phi) is 6.86. The van der Waals surface area contributed by atoms with Gasteiger partial charge in [-0.15, -0.1) is 11.8 Å². The molecule has 1 aromatic carbocycles. The van der Waals surface area contributed by atoms with Crippen LogP contribution in [0.4, 0.5) is 0 Å². The van der Waals surface area contributed by atoms with Crippen LogP contribution in [-0.4, -0.2) is 22.3 Å². The molecule has 2 aromatic rings. The standard InChI is InChI=1S/C27H33NO2S/c1-8-20-14-24-23(26(4,5)17-27(6,7)31-24)13-21(20)11-10-19-12-22(16-28-15-19)18(3)25(29)30-9-2/h12-16,18H,8-9,17H2,1-7H3. The Hall–Kier alpha value is -2.25. The fourth-order valence-corrected chi connectivity index (χ4v) is 6.12. The normalized spacial score (nSPS) is 17.1. The molecule has 1 atom stereocenters. The van der Waals surface area contributed by atoms with E-state index in [1.807, 2.05) is 31.7 Å². The number of carbonyl (C=O) groups excluding carboxylic acids is 1. The third kappa shape index (κ3) is 5.33. The molecule has 0 aliphatic carbocycles. The maximum absolute atomic E-state index is 12.1. The summed E-state index contributed by atoms with van der Waals surface area (Å²) in [7, 11) is 0. The number of nitrogens with zero attached hydrogens (tertiary/aromatic N) is 1. The highest BCUT2D eigenvalue weighted by Gasteiger charge is 2.38. The number of fused-ring (bicyclic) bond motifs is 1. The summed E-state index contributed by atoms with van der Waals surface area (Å²) in [6, 6.07) is 6.57. The highest BCUT2D eigenvalue weighted by molar-refractivity contribution is 8.00. The molecule has 3 nitrogen and oxygen atoms in total. The van der Waals surface area contributed by atoms with Crippen LogP contribution in [-0.2, 0) is 21.4 Å². The largest absolute Gasteiger partial charge is 0.466 e. The smallest absolute Gasteiger partial charge is 0.313 e. The summed E-state index contributed by atoms with van der Waals surface area (Å²) < 4.78 is 5.37. The molecule has 1 unspecified atom stereocenters. The van der Waals surface area contributed by atoms with Crippen LogP contribution in [0.2, 0.25) is 0 Å². The van der Waals surface area contributed by atoms with E-state index in [-0.39, 0.29) is 22.0 Å². The van der Waals surface area contributed by atoms with Crippen LogP contribution >= 0.6 is 11.8 Å². The van der Waals surface area contributed by atoms with Gasteiger partial charge in [0, 0.05) is 33.2 Å². The van der Waals surface area contributed by atoms with Crippen LogP contribution in [0.15, 0.2) is 35.5 Å². The molecule has 0 N–H and O–H groups in total. The number of aromatic nitrogens is 1. The van der Waals surface area contributed by atoms with Gasteiger partial charge in [0.1, 0.15) is 0 Å². The van der Waals surface area contributed by atoms with E-state index in [0.717, 1.165) is 29.5 Å². The number of benzene rings is 1. The van der Waals surface area contributed by atoms with Crippen molar-refractivity contribution in [3.05, 3.63) is 58.4 Å². The van der Waals surface area contributed by atoms with Gasteiger partial charge in [0.25, 0.3) is 0 Å². The molecule has 0 radical (unpaired) electrons. The van der Waals surface area contributed by atoms with Crippen molar-refractivity contribution in [2.24, 2.45) is 0 Å². The van der Waals surface area contributed by atoms with E-state index in [1.165, 1.54) is 16.0 Å². The summed E-state index contributed by atoms with van der Waals surface area (Å²) in [6.45, 7) is 15.5. The average molecular weight is 436 g/mol. The lowest BCUT2D eigenvalue weighted by Gasteiger charge is -2.42. The first kappa shape index (κ1) is 23.4. The van der Waals surface area contributed by atoms with Gasteiger partial charge in [-0.2, -0.15) is 0 Å². The van der Waals surface area contributed by atoms with Crippen molar-refractivity contribution in [2.45, 2.75) is 82.3 Å². The fraction of sp³-hybridized carbons (Fsp3) is 0.481. The number of carbonyl (C=O) groups is 1. The number of rotatable bonds is 4. The van der Waals surface area contributed by atoms with Crippen molar-refractivity contribution in [1.29, 1.82) is 0 Å². The molecular formula is C27H33NO2S. The fourth-order valence-electron chi connectivity index (χ4n) is 4.44. The number of hydrogen-bond acceptors (Lipinski definition) is 4. The van der Waals surface area contributed by atoms with Crippen LogP contribution in [0.1, 0.15) is 88.6 Å². The first-order chi connectivity index (χ1) is 14.6. The van der Waals surface area contributed by atoms with Crippen molar-refractivity contribution in [2.75, 3.05) is 6.61 Å². The number of thioether (sulfide) groups is 1. The molecule has 1 aliphatic heterocycles.